The molecule has 1 heterocycles. The van der Waals surface area contributed by atoms with Gasteiger partial charge < -0.3 is 5.32 Å². The molecule has 1 unspecified atom stereocenters. The maximum absolute atomic E-state index is 12.5. The minimum Gasteiger partial charge on any atom is -0.308 e. The summed E-state index contributed by atoms with van der Waals surface area (Å²) in [5.74, 6) is 0. The zero-order valence-corrected chi connectivity index (χ0v) is 7.88. The summed E-state index contributed by atoms with van der Waals surface area (Å²) in [5.41, 5.74) is 1.20. The third-order valence-electron chi connectivity index (χ3n) is 1.95. The average Bonchev–Trinajstić information content (AvgIpc) is 2.31. The normalized spacial score (nSPS) is 13.7. The van der Waals surface area contributed by atoms with Crippen LogP contribution in [0.25, 0.3) is 0 Å². The number of nitrogens with one attached hydrogen (secondary N) is 1. The van der Waals surface area contributed by atoms with Crippen LogP contribution in [0.3, 0.4) is 0 Å². The van der Waals surface area contributed by atoms with Gasteiger partial charge in [-0.15, -0.1) is 0 Å². The maximum Gasteiger partial charge on any atom is 0.257 e. The van der Waals surface area contributed by atoms with Gasteiger partial charge in [-0.05, 0) is 14.0 Å². The molecule has 1 rings (SSSR count). The summed E-state index contributed by atoms with van der Waals surface area (Å²) in [6.07, 6.45) is -0.796. The molecule has 1 atom stereocenters. The second-order valence-electron chi connectivity index (χ2n) is 2.94. The number of rotatable bonds is 3. The fraction of sp³-hybridized carbons (Fsp3) is 0.625. The Bertz CT molecular complexity index is 283. The molecule has 0 aliphatic rings. The van der Waals surface area contributed by atoms with Crippen LogP contribution >= 0.6 is 0 Å². The topological polar surface area (TPSA) is 29.9 Å². The Morgan fingerprint density at radius 1 is 1.54 bits per heavy atom. The highest BCUT2D eigenvalue weighted by Crippen LogP contribution is 2.22. The van der Waals surface area contributed by atoms with Crippen LogP contribution < -0.4 is 5.32 Å². The molecule has 74 valence electrons. The summed E-state index contributed by atoms with van der Waals surface area (Å²) in [4.78, 5) is 0. The van der Waals surface area contributed by atoms with Gasteiger partial charge in [0.25, 0.3) is 6.43 Å². The van der Waals surface area contributed by atoms with E-state index in [1.54, 1.807) is 20.2 Å². The van der Waals surface area contributed by atoms with E-state index in [-0.39, 0.29) is 0 Å². The Hall–Kier alpha value is -0.970. The molecular formula is C8H13F2N3. The fourth-order valence-electron chi connectivity index (χ4n) is 1.34. The van der Waals surface area contributed by atoms with Gasteiger partial charge in [0, 0.05) is 18.8 Å². The van der Waals surface area contributed by atoms with E-state index in [4.69, 9.17) is 0 Å². The van der Waals surface area contributed by atoms with Crippen molar-refractivity contribution in [1.29, 1.82) is 0 Å². The van der Waals surface area contributed by atoms with Gasteiger partial charge in [-0.25, -0.2) is 8.78 Å². The predicted molar refractivity (Wildman–Crippen MR) is 45.7 cm³/mol. The van der Waals surface area contributed by atoms with Gasteiger partial charge in [0.05, 0.1) is 11.7 Å². The maximum atomic E-state index is 12.5. The van der Waals surface area contributed by atoms with E-state index in [0.29, 0.717) is 11.3 Å². The molecule has 0 aliphatic carbocycles. The first-order valence-corrected chi connectivity index (χ1v) is 4.01. The lowest BCUT2D eigenvalue weighted by Crippen LogP contribution is -2.23. The average molecular weight is 189 g/mol. The monoisotopic (exact) mass is 189 g/mol. The van der Waals surface area contributed by atoms with Crippen LogP contribution in [0.1, 0.15) is 17.3 Å². The first-order chi connectivity index (χ1) is 6.06. The minimum absolute atomic E-state index is 0.556. The van der Waals surface area contributed by atoms with Crippen molar-refractivity contribution >= 4 is 0 Å². The van der Waals surface area contributed by atoms with Gasteiger partial charge in [-0.2, -0.15) is 5.10 Å². The van der Waals surface area contributed by atoms with Crippen LogP contribution in [0.15, 0.2) is 6.20 Å². The summed E-state index contributed by atoms with van der Waals surface area (Å²) in [7, 11) is 3.23. The van der Waals surface area contributed by atoms with Crippen molar-refractivity contribution < 1.29 is 8.78 Å². The summed E-state index contributed by atoms with van der Waals surface area (Å²) >= 11 is 0. The van der Waals surface area contributed by atoms with Crippen molar-refractivity contribution in [3.63, 3.8) is 0 Å². The molecule has 0 radical (unpaired) electrons. The third-order valence-corrected chi connectivity index (χ3v) is 1.95. The molecule has 0 saturated heterocycles. The molecule has 0 fully saturated rings. The van der Waals surface area contributed by atoms with Gasteiger partial charge in [0.15, 0.2) is 0 Å². The van der Waals surface area contributed by atoms with Gasteiger partial charge in [-0.3, -0.25) is 4.68 Å². The highest BCUT2D eigenvalue weighted by atomic mass is 19.3. The molecule has 5 heteroatoms. The van der Waals surface area contributed by atoms with Gasteiger partial charge >= 0.3 is 0 Å². The molecule has 0 spiro atoms. The molecule has 0 saturated carbocycles. The lowest BCUT2D eigenvalue weighted by Gasteiger charge is -2.13. The van der Waals surface area contributed by atoms with Crippen LogP contribution in [0.4, 0.5) is 8.78 Å². The molecule has 1 N–H and O–H groups in total. The largest absolute Gasteiger partial charge is 0.308 e. The number of aryl methyl sites for hydroxylation is 2. The summed E-state index contributed by atoms with van der Waals surface area (Å²) in [6, 6.07) is -0.923. The van der Waals surface area contributed by atoms with E-state index >= 15 is 0 Å². The van der Waals surface area contributed by atoms with Crippen molar-refractivity contribution in [2.45, 2.75) is 19.4 Å². The van der Waals surface area contributed by atoms with Crippen LogP contribution in [0.5, 0.6) is 0 Å². The van der Waals surface area contributed by atoms with Gasteiger partial charge in [0.1, 0.15) is 0 Å². The van der Waals surface area contributed by atoms with Gasteiger partial charge in [-0.1, -0.05) is 0 Å². The molecular weight excluding hydrogens is 176 g/mol. The van der Waals surface area contributed by atoms with E-state index < -0.39 is 12.5 Å². The lowest BCUT2D eigenvalue weighted by atomic mass is 10.1. The number of nitrogens with zero attached hydrogens (tertiary/aromatic N) is 2. The van der Waals surface area contributed by atoms with E-state index in [1.807, 2.05) is 0 Å². The third kappa shape index (κ3) is 2.03. The molecule has 0 bridgehead atoms. The number of aromatic nitrogens is 2. The number of hydrogen-bond acceptors (Lipinski definition) is 2. The first kappa shape index (κ1) is 10.1. The minimum atomic E-state index is -2.41. The Morgan fingerprint density at radius 2 is 2.15 bits per heavy atom. The van der Waals surface area contributed by atoms with Crippen molar-refractivity contribution in [3.8, 4) is 0 Å². The Kier molecular flexibility index (Phi) is 2.98. The molecule has 0 aliphatic heterocycles. The SMILES string of the molecule is CNC(c1cn(C)nc1C)C(F)F. The number of alkyl halides is 2. The van der Waals surface area contributed by atoms with Crippen molar-refractivity contribution in [2.75, 3.05) is 7.05 Å². The van der Waals surface area contributed by atoms with E-state index in [1.165, 1.54) is 11.7 Å². The number of halogens is 2. The van der Waals surface area contributed by atoms with Gasteiger partial charge in [0.2, 0.25) is 0 Å². The lowest BCUT2D eigenvalue weighted by molar-refractivity contribution is 0.102. The van der Waals surface area contributed by atoms with Crippen molar-refractivity contribution in [1.82, 2.24) is 15.1 Å². The van der Waals surface area contributed by atoms with Crippen molar-refractivity contribution in [3.05, 3.63) is 17.5 Å². The second kappa shape index (κ2) is 3.83. The predicted octanol–water partition coefficient (Wildman–Crippen LogP) is 1.25. The molecule has 3 nitrogen and oxygen atoms in total. The van der Waals surface area contributed by atoms with E-state index in [9.17, 15) is 8.78 Å². The van der Waals surface area contributed by atoms with Crippen LogP contribution in [0, 0.1) is 6.92 Å². The highest BCUT2D eigenvalue weighted by molar-refractivity contribution is 5.20. The first-order valence-electron chi connectivity index (χ1n) is 4.01. The van der Waals surface area contributed by atoms with Crippen LogP contribution in [0.2, 0.25) is 0 Å². The Balaban J connectivity index is 2.97. The summed E-state index contributed by atoms with van der Waals surface area (Å²) in [5, 5.41) is 6.57. The highest BCUT2D eigenvalue weighted by Gasteiger charge is 2.23. The Morgan fingerprint density at radius 3 is 2.46 bits per heavy atom. The number of hydrogen-bond donors (Lipinski definition) is 1. The van der Waals surface area contributed by atoms with E-state index in [0.717, 1.165) is 0 Å². The zero-order chi connectivity index (χ0) is 10.0. The fourth-order valence-corrected chi connectivity index (χ4v) is 1.34. The molecule has 13 heavy (non-hydrogen) atoms. The van der Waals surface area contributed by atoms with Crippen LogP contribution in [-0.4, -0.2) is 23.3 Å². The quantitative estimate of drug-likeness (QED) is 0.775. The molecule has 1 aromatic heterocycles. The zero-order valence-electron chi connectivity index (χ0n) is 7.88. The standard InChI is InChI=1S/C8H13F2N3/c1-5-6(4-13(3)12-5)7(11-2)8(9)10/h4,7-8,11H,1-3H3. The Labute approximate surface area is 75.7 Å². The molecule has 0 aromatic carbocycles. The second-order valence-corrected chi connectivity index (χ2v) is 2.94. The van der Waals surface area contributed by atoms with Crippen molar-refractivity contribution in [2.24, 2.45) is 7.05 Å². The van der Waals surface area contributed by atoms with E-state index in [2.05, 4.69) is 10.4 Å². The molecule has 0 amide bonds. The van der Waals surface area contributed by atoms with Crippen LogP contribution in [-0.2, 0) is 7.05 Å². The summed E-state index contributed by atoms with van der Waals surface area (Å²) in [6.45, 7) is 1.72. The smallest absolute Gasteiger partial charge is 0.257 e. The molecule has 1 aromatic rings. The summed E-state index contributed by atoms with van der Waals surface area (Å²) < 4.78 is 26.5.